The van der Waals surface area contributed by atoms with Crippen molar-refractivity contribution in [3.05, 3.63) is 58.1 Å². The highest BCUT2D eigenvalue weighted by Crippen LogP contribution is 2.23. The van der Waals surface area contributed by atoms with Crippen LogP contribution < -0.4 is 5.32 Å². The van der Waals surface area contributed by atoms with Crippen molar-refractivity contribution in [1.82, 2.24) is 0 Å². The first-order valence-electron chi connectivity index (χ1n) is 5.11. The van der Waals surface area contributed by atoms with Gasteiger partial charge >= 0.3 is 0 Å². The van der Waals surface area contributed by atoms with Crippen LogP contribution in [0.5, 0.6) is 5.75 Å². The number of carbonyl (C=O) groups is 1. The zero-order chi connectivity index (χ0) is 13.1. The Kier molecular flexibility index (Phi) is 3.75. The lowest BCUT2D eigenvalue weighted by Gasteiger charge is -2.06. The Bertz CT molecular complexity index is 562. The molecule has 18 heavy (non-hydrogen) atoms. The van der Waals surface area contributed by atoms with Crippen LogP contribution in [0.15, 0.2) is 42.5 Å². The van der Waals surface area contributed by atoms with Crippen LogP contribution in [0.25, 0.3) is 0 Å². The molecule has 92 valence electrons. The Balaban J connectivity index is 2.18. The maximum atomic E-state index is 11.9. The number of phenols is 1. The molecule has 0 bridgehead atoms. The summed E-state index contributed by atoms with van der Waals surface area (Å²) >= 11 is 11.7. The molecule has 2 aromatic rings. The van der Waals surface area contributed by atoms with Crippen molar-refractivity contribution >= 4 is 34.8 Å². The SMILES string of the molecule is O=C(Nc1cc(Cl)cc(Cl)c1)c1ccc(O)cc1. The van der Waals surface area contributed by atoms with Crippen LogP contribution in [-0.4, -0.2) is 11.0 Å². The molecule has 0 aliphatic rings. The lowest BCUT2D eigenvalue weighted by molar-refractivity contribution is 0.102. The smallest absolute Gasteiger partial charge is 0.255 e. The van der Waals surface area contributed by atoms with Gasteiger partial charge in [0.2, 0.25) is 0 Å². The van der Waals surface area contributed by atoms with E-state index in [0.717, 1.165) is 0 Å². The summed E-state index contributed by atoms with van der Waals surface area (Å²) in [4.78, 5) is 11.9. The predicted octanol–water partition coefficient (Wildman–Crippen LogP) is 3.95. The second kappa shape index (κ2) is 5.29. The van der Waals surface area contributed by atoms with Gasteiger partial charge in [0.05, 0.1) is 0 Å². The molecule has 0 spiro atoms. The quantitative estimate of drug-likeness (QED) is 0.876. The first-order chi connectivity index (χ1) is 8.54. The summed E-state index contributed by atoms with van der Waals surface area (Å²) in [5.41, 5.74) is 0.953. The molecule has 0 radical (unpaired) electrons. The number of aromatic hydroxyl groups is 1. The van der Waals surface area contributed by atoms with Crippen molar-refractivity contribution in [1.29, 1.82) is 0 Å². The number of nitrogens with one attached hydrogen (secondary N) is 1. The number of phenolic OH excluding ortho intramolecular Hbond substituents is 1. The zero-order valence-electron chi connectivity index (χ0n) is 9.15. The first-order valence-corrected chi connectivity index (χ1v) is 5.87. The number of carbonyl (C=O) groups excluding carboxylic acids is 1. The Morgan fingerprint density at radius 1 is 1.00 bits per heavy atom. The molecule has 0 aliphatic carbocycles. The molecule has 5 heteroatoms. The average molecular weight is 282 g/mol. The van der Waals surface area contributed by atoms with Crippen molar-refractivity contribution in [3.63, 3.8) is 0 Å². The maximum absolute atomic E-state index is 11.9. The van der Waals surface area contributed by atoms with E-state index in [1.807, 2.05) is 0 Å². The molecule has 2 aromatic carbocycles. The van der Waals surface area contributed by atoms with E-state index in [9.17, 15) is 4.79 Å². The van der Waals surface area contributed by atoms with Gasteiger partial charge in [0.1, 0.15) is 5.75 Å². The fraction of sp³-hybridized carbons (Fsp3) is 0. The fourth-order valence-corrected chi connectivity index (χ4v) is 1.97. The van der Waals surface area contributed by atoms with Crippen molar-refractivity contribution in [2.24, 2.45) is 0 Å². The Morgan fingerprint density at radius 3 is 2.11 bits per heavy atom. The lowest BCUT2D eigenvalue weighted by atomic mass is 10.2. The molecular formula is C13H9Cl2NO2. The van der Waals surface area contributed by atoms with Crippen LogP contribution in [-0.2, 0) is 0 Å². The van der Waals surface area contributed by atoms with Crippen LogP contribution >= 0.6 is 23.2 Å². The molecule has 0 saturated carbocycles. The molecular weight excluding hydrogens is 273 g/mol. The fourth-order valence-electron chi connectivity index (χ4n) is 1.44. The highest BCUT2D eigenvalue weighted by Gasteiger charge is 2.07. The van der Waals surface area contributed by atoms with E-state index in [2.05, 4.69) is 5.32 Å². The van der Waals surface area contributed by atoms with Gasteiger partial charge in [0.15, 0.2) is 0 Å². The van der Waals surface area contributed by atoms with E-state index < -0.39 is 0 Å². The Morgan fingerprint density at radius 2 is 1.56 bits per heavy atom. The van der Waals surface area contributed by atoms with Crippen LogP contribution in [0.4, 0.5) is 5.69 Å². The molecule has 0 atom stereocenters. The third-order valence-corrected chi connectivity index (χ3v) is 2.69. The van der Waals surface area contributed by atoms with Crippen molar-refractivity contribution in [2.75, 3.05) is 5.32 Å². The number of benzene rings is 2. The monoisotopic (exact) mass is 281 g/mol. The predicted molar refractivity (Wildman–Crippen MR) is 72.5 cm³/mol. The van der Waals surface area contributed by atoms with E-state index in [-0.39, 0.29) is 11.7 Å². The average Bonchev–Trinajstić information content (AvgIpc) is 2.28. The third kappa shape index (κ3) is 3.15. The highest BCUT2D eigenvalue weighted by atomic mass is 35.5. The van der Waals surface area contributed by atoms with Crippen LogP contribution in [0.2, 0.25) is 10.0 Å². The number of hydrogen-bond donors (Lipinski definition) is 2. The van der Waals surface area contributed by atoms with Crippen LogP contribution in [0, 0.1) is 0 Å². The van der Waals surface area contributed by atoms with Gasteiger partial charge < -0.3 is 10.4 Å². The van der Waals surface area contributed by atoms with Gasteiger partial charge in [-0.3, -0.25) is 4.79 Å². The van der Waals surface area contributed by atoms with Crippen molar-refractivity contribution in [2.45, 2.75) is 0 Å². The Hall–Kier alpha value is -1.71. The minimum Gasteiger partial charge on any atom is -0.508 e. The summed E-state index contributed by atoms with van der Waals surface area (Å²) in [6.07, 6.45) is 0. The summed E-state index contributed by atoms with van der Waals surface area (Å²) in [6.45, 7) is 0. The molecule has 0 unspecified atom stereocenters. The van der Waals surface area contributed by atoms with Gasteiger partial charge in [-0.15, -0.1) is 0 Å². The third-order valence-electron chi connectivity index (χ3n) is 2.25. The second-order valence-electron chi connectivity index (χ2n) is 3.66. The highest BCUT2D eigenvalue weighted by molar-refractivity contribution is 6.35. The number of amides is 1. The molecule has 1 amide bonds. The zero-order valence-corrected chi connectivity index (χ0v) is 10.7. The molecule has 0 heterocycles. The number of rotatable bonds is 2. The minimum atomic E-state index is -0.298. The minimum absolute atomic E-state index is 0.109. The summed E-state index contributed by atoms with van der Waals surface area (Å²) in [7, 11) is 0. The van der Waals surface area contributed by atoms with Gasteiger partial charge in [0, 0.05) is 21.3 Å². The Labute approximate surface area is 114 Å². The molecule has 0 fully saturated rings. The first kappa shape index (κ1) is 12.7. The standard InChI is InChI=1S/C13H9Cl2NO2/c14-9-5-10(15)7-11(6-9)16-13(18)8-1-3-12(17)4-2-8/h1-7,17H,(H,16,18). The van der Waals surface area contributed by atoms with Crippen molar-refractivity contribution in [3.8, 4) is 5.75 Å². The number of hydrogen-bond acceptors (Lipinski definition) is 2. The summed E-state index contributed by atoms with van der Waals surface area (Å²) < 4.78 is 0. The summed E-state index contributed by atoms with van der Waals surface area (Å²) in [5.74, 6) is -0.189. The van der Waals surface area contributed by atoms with E-state index >= 15 is 0 Å². The van der Waals surface area contributed by atoms with E-state index in [0.29, 0.717) is 21.3 Å². The van der Waals surface area contributed by atoms with Gasteiger partial charge in [0.25, 0.3) is 5.91 Å². The molecule has 3 nitrogen and oxygen atoms in total. The molecule has 0 saturated heterocycles. The van der Waals surface area contributed by atoms with E-state index in [1.165, 1.54) is 24.3 Å². The maximum Gasteiger partial charge on any atom is 0.255 e. The molecule has 0 aromatic heterocycles. The summed E-state index contributed by atoms with van der Waals surface area (Å²) in [5, 5.41) is 12.7. The van der Waals surface area contributed by atoms with E-state index in [4.69, 9.17) is 28.3 Å². The van der Waals surface area contributed by atoms with Gasteiger partial charge in [-0.25, -0.2) is 0 Å². The number of anilines is 1. The second-order valence-corrected chi connectivity index (χ2v) is 4.53. The largest absolute Gasteiger partial charge is 0.508 e. The summed E-state index contributed by atoms with van der Waals surface area (Å²) in [6, 6.07) is 10.7. The van der Waals surface area contributed by atoms with Crippen LogP contribution in [0.1, 0.15) is 10.4 Å². The van der Waals surface area contributed by atoms with E-state index in [1.54, 1.807) is 18.2 Å². The van der Waals surface area contributed by atoms with Crippen molar-refractivity contribution < 1.29 is 9.90 Å². The topological polar surface area (TPSA) is 49.3 Å². The lowest BCUT2D eigenvalue weighted by Crippen LogP contribution is -2.11. The van der Waals surface area contributed by atoms with Gasteiger partial charge in [-0.2, -0.15) is 0 Å². The molecule has 2 N–H and O–H groups in total. The van der Waals surface area contributed by atoms with Crippen LogP contribution in [0.3, 0.4) is 0 Å². The number of halogens is 2. The van der Waals surface area contributed by atoms with Gasteiger partial charge in [-0.1, -0.05) is 23.2 Å². The normalized spacial score (nSPS) is 10.1. The molecule has 2 rings (SSSR count). The molecule has 0 aliphatic heterocycles. The van der Waals surface area contributed by atoms with Gasteiger partial charge in [-0.05, 0) is 42.5 Å².